The number of aldehydes is 1. The molecule has 0 atom stereocenters. The van der Waals surface area contributed by atoms with Gasteiger partial charge in [0.1, 0.15) is 0 Å². The molecule has 1 rings (SSSR count). The van der Waals surface area contributed by atoms with E-state index < -0.39 is 17.5 Å². The molecule has 0 radical (unpaired) electrons. The molecule has 14 heavy (non-hydrogen) atoms. The first kappa shape index (κ1) is 10.5. The molecule has 1 aromatic rings. The molecule has 0 saturated carbocycles. The van der Waals surface area contributed by atoms with Crippen LogP contribution in [0.2, 0.25) is 0 Å². The van der Waals surface area contributed by atoms with Crippen LogP contribution in [0.15, 0.2) is 10.9 Å². The number of H-pyrrole nitrogens is 1. The molecule has 0 unspecified atom stereocenters. The number of carbonyl (C=O) groups is 1. The Morgan fingerprint density at radius 2 is 2.21 bits per heavy atom. The highest BCUT2D eigenvalue weighted by atomic mass is 19.3. The normalized spacial score (nSPS) is 10.6. The zero-order valence-electron chi connectivity index (χ0n) is 7.09. The number of halogens is 2. The Morgan fingerprint density at radius 1 is 1.57 bits per heavy atom. The number of hydrogen-bond acceptors (Lipinski definition) is 3. The molecule has 76 valence electrons. The van der Waals surface area contributed by atoms with Gasteiger partial charge in [0.05, 0.1) is 11.4 Å². The molecule has 0 aliphatic carbocycles. The third-order valence-corrected chi connectivity index (χ3v) is 1.75. The lowest BCUT2D eigenvalue weighted by molar-refractivity contribution is 0.111. The summed E-state index contributed by atoms with van der Waals surface area (Å²) in [5.41, 5.74) is 3.80. The standard InChI is InChI=1S/C8H8F2N2O2/c9-8(10)5-1-7(14)4(2-11)6(3-13)12-5/h1,3,8H,2,11H2,(H,12,14). The van der Waals surface area contributed by atoms with Crippen molar-refractivity contribution in [3.8, 4) is 0 Å². The van der Waals surface area contributed by atoms with E-state index in [0.29, 0.717) is 6.29 Å². The predicted molar refractivity (Wildman–Crippen MR) is 45.3 cm³/mol. The van der Waals surface area contributed by atoms with E-state index in [1.54, 1.807) is 0 Å². The van der Waals surface area contributed by atoms with Crippen molar-refractivity contribution in [2.45, 2.75) is 13.0 Å². The van der Waals surface area contributed by atoms with E-state index in [-0.39, 0.29) is 17.8 Å². The zero-order chi connectivity index (χ0) is 10.7. The minimum Gasteiger partial charge on any atom is -0.351 e. The van der Waals surface area contributed by atoms with Gasteiger partial charge >= 0.3 is 0 Å². The van der Waals surface area contributed by atoms with Crippen molar-refractivity contribution in [3.05, 3.63) is 33.2 Å². The average Bonchev–Trinajstić information content (AvgIpc) is 2.16. The topological polar surface area (TPSA) is 76.0 Å². The Labute approximate surface area is 77.7 Å². The molecule has 3 N–H and O–H groups in total. The number of pyridine rings is 1. The summed E-state index contributed by atoms with van der Waals surface area (Å²) in [5, 5.41) is 0. The summed E-state index contributed by atoms with van der Waals surface area (Å²) in [7, 11) is 0. The van der Waals surface area contributed by atoms with E-state index in [9.17, 15) is 18.4 Å². The second-order valence-electron chi connectivity index (χ2n) is 2.60. The third-order valence-electron chi connectivity index (χ3n) is 1.75. The first-order valence-electron chi connectivity index (χ1n) is 3.79. The highest BCUT2D eigenvalue weighted by Crippen LogP contribution is 2.15. The third kappa shape index (κ3) is 1.85. The predicted octanol–water partition coefficient (Wildman–Crippen LogP) is 0.584. The number of aromatic nitrogens is 1. The molecule has 0 aliphatic heterocycles. The Bertz CT molecular complexity index is 401. The summed E-state index contributed by atoms with van der Waals surface area (Å²) in [4.78, 5) is 23.8. The maximum Gasteiger partial charge on any atom is 0.278 e. The van der Waals surface area contributed by atoms with Crippen LogP contribution < -0.4 is 11.2 Å². The number of nitrogens with one attached hydrogen (secondary N) is 1. The van der Waals surface area contributed by atoms with E-state index in [2.05, 4.69) is 4.98 Å². The van der Waals surface area contributed by atoms with Gasteiger partial charge in [0.15, 0.2) is 11.7 Å². The van der Waals surface area contributed by atoms with Crippen molar-refractivity contribution in [2.75, 3.05) is 0 Å². The van der Waals surface area contributed by atoms with Crippen molar-refractivity contribution < 1.29 is 13.6 Å². The first-order valence-corrected chi connectivity index (χ1v) is 3.79. The minimum absolute atomic E-state index is 0.0180. The molecular formula is C8H8F2N2O2. The quantitative estimate of drug-likeness (QED) is 0.704. The van der Waals surface area contributed by atoms with Crippen molar-refractivity contribution in [1.29, 1.82) is 0 Å². The van der Waals surface area contributed by atoms with Gasteiger partial charge in [0, 0.05) is 18.2 Å². The molecule has 1 heterocycles. The summed E-state index contributed by atoms with van der Waals surface area (Å²) in [5.74, 6) is 0. The molecule has 0 bridgehead atoms. The van der Waals surface area contributed by atoms with Gasteiger partial charge in [-0.3, -0.25) is 9.59 Å². The molecule has 0 spiro atoms. The number of nitrogens with two attached hydrogens (primary N) is 1. The van der Waals surface area contributed by atoms with Gasteiger partial charge in [-0.05, 0) is 0 Å². The number of hydrogen-bond donors (Lipinski definition) is 2. The number of rotatable bonds is 3. The van der Waals surface area contributed by atoms with Crippen LogP contribution in [0.3, 0.4) is 0 Å². The van der Waals surface area contributed by atoms with Crippen LogP contribution in [-0.2, 0) is 6.54 Å². The van der Waals surface area contributed by atoms with Crippen LogP contribution in [0.4, 0.5) is 8.78 Å². The van der Waals surface area contributed by atoms with E-state index in [0.717, 1.165) is 6.07 Å². The maximum atomic E-state index is 12.2. The number of alkyl halides is 2. The zero-order valence-corrected chi connectivity index (χ0v) is 7.09. The van der Waals surface area contributed by atoms with E-state index in [1.165, 1.54) is 0 Å². The van der Waals surface area contributed by atoms with Crippen LogP contribution in [0.1, 0.15) is 28.2 Å². The fourth-order valence-electron chi connectivity index (χ4n) is 1.06. The Kier molecular flexibility index (Phi) is 3.08. The summed E-state index contributed by atoms with van der Waals surface area (Å²) in [6, 6.07) is 0.750. The Balaban J connectivity index is 3.39. The second kappa shape index (κ2) is 4.10. The van der Waals surface area contributed by atoms with E-state index in [4.69, 9.17) is 5.73 Å². The second-order valence-corrected chi connectivity index (χ2v) is 2.60. The summed E-state index contributed by atoms with van der Waals surface area (Å²) < 4.78 is 24.4. The van der Waals surface area contributed by atoms with Gasteiger partial charge < -0.3 is 10.7 Å². The molecule has 1 aromatic heterocycles. The molecule has 0 amide bonds. The van der Waals surface area contributed by atoms with Gasteiger partial charge in [0.2, 0.25) is 0 Å². The lowest BCUT2D eigenvalue weighted by atomic mass is 10.1. The summed E-state index contributed by atoms with van der Waals surface area (Å²) >= 11 is 0. The van der Waals surface area contributed by atoms with Crippen LogP contribution in [0.5, 0.6) is 0 Å². The summed E-state index contributed by atoms with van der Waals surface area (Å²) in [6.07, 6.45) is -2.51. The van der Waals surface area contributed by atoms with Crippen molar-refractivity contribution in [1.82, 2.24) is 4.98 Å². The minimum atomic E-state index is -2.81. The van der Waals surface area contributed by atoms with Crippen molar-refractivity contribution in [3.63, 3.8) is 0 Å². The van der Waals surface area contributed by atoms with Crippen LogP contribution >= 0.6 is 0 Å². The molecule has 0 fully saturated rings. The van der Waals surface area contributed by atoms with E-state index >= 15 is 0 Å². The lowest BCUT2D eigenvalue weighted by Gasteiger charge is -2.04. The highest BCUT2D eigenvalue weighted by molar-refractivity contribution is 5.74. The maximum absolute atomic E-state index is 12.2. The SMILES string of the molecule is NCc1c(C=O)[nH]c(C(F)F)cc1=O. The van der Waals surface area contributed by atoms with Gasteiger partial charge in [-0.25, -0.2) is 8.78 Å². The van der Waals surface area contributed by atoms with Gasteiger partial charge in [-0.1, -0.05) is 0 Å². The largest absolute Gasteiger partial charge is 0.351 e. The lowest BCUT2D eigenvalue weighted by Crippen LogP contribution is -2.18. The molecule has 0 aromatic carbocycles. The van der Waals surface area contributed by atoms with Gasteiger partial charge in [-0.2, -0.15) is 0 Å². The smallest absolute Gasteiger partial charge is 0.278 e. The summed E-state index contributed by atoms with van der Waals surface area (Å²) in [6.45, 7) is -0.160. The molecule has 0 aliphatic rings. The highest BCUT2D eigenvalue weighted by Gasteiger charge is 2.13. The first-order chi connectivity index (χ1) is 6.60. The van der Waals surface area contributed by atoms with Crippen LogP contribution in [0, 0.1) is 0 Å². The van der Waals surface area contributed by atoms with Gasteiger partial charge in [-0.15, -0.1) is 0 Å². The van der Waals surface area contributed by atoms with E-state index in [1.807, 2.05) is 0 Å². The van der Waals surface area contributed by atoms with Gasteiger partial charge in [0.25, 0.3) is 6.43 Å². The van der Waals surface area contributed by atoms with Crippen molar-refractivity contribution >= 4 is 6.29 Å². The molecular weight excluding hydrogens is 194 g/mol. The fourth-order valence-corrected chi connectivity index (χ4v) is 1.06. The average molecular weight is 202 g/mol. The number of carbonyl (C=O) groups excluding carboxylic acids is 1. The Morgan fingerprint density at radius 3 is 2.64 bits per heavy atom. The Hall–Kier alpha value is -1.56. The van der Waals surface area contributed by atoms with Crippen LogP contribution in [0.25, 0.3) is 0 Å². The van der Waals surface area contributed by atoms with Crippen LogP contribution in [-0.4, -0.2) is 11.3 Å². The number of aromatic amines is 1. The molecule has 0 saturated heterocycles. The molecule has 4 nitrogen and oxygen atoms in total. The monoisotopic (exact) mass is 202 g/mol. The van der Waals surface area contributed by atoms with Crippen molar-refractivity contribution in [2.24, 2.45) is 5.73 Å². The fraction of sp³-hybridized carbons (Fsp3) is 0.250. The molecule has 6 heteroatoms.